The molecule has 0 aromatic heterocycles. The molecule has 110 valence electrons. The maximum absolute atomic E-state index is 12.0. The van der Waals surface area contributed by atoms with E-state index in [9.17, 15) is 4.79 Å². The first kappa shape index (κ1) is 14.8. The molecule has 3 atom stereocenters. The van der Waals surface area contributed by atoms with Gasteiger partial charge < -0.3 is 19.5 Å². The monoisotopic (exact) mass is 271 g/mol. The lowest BCUT2D eigenvalue weighted by molar-refractivity contribution is -0.149. The Bertz CT molecular complexity index is 304. The topological polar surface area (TPSA) is 56.8 Å². The Morgan fingerprint density at radius 3 is 2.95 bits per heavy atom. The molecule has 0 radical (unpaired) electrons. The zero-order chi connectivity index (χ0) is 13.7. The highest BCUT2D eigenvalue weighted by Crippen LogP contribution is 2.33. The average Bonchev–Trinajstić information content (AvgIpc) is 3.06. The summed E-state index contributed by atoms with van der Waals surface area (Å²) in [6.45, 7) is 4.26. The molecule has 0 spiro atoms. The third-order valence-electron chi connectivity index (χ3n) is 4.10. The first-order chi connectivity index (χ1) is 9.20. The van der Waals surface area contributed by atoms with Gasteiger partial charge in [0.15, 0.2) is 0 Å². The molecule has 0 bridgehead atoms. The van der Waals surface area contributed by atoms with Crippen molar-refractivity contribution < 1.29 is 19.0 Å². The molecule has 3 unspecified atom stereocenters. The maximum Gasteiger partial charge on any atom is 0.326 e. The number of hydrogen-bond donors (Lipinski definition) is 1. The minimum Gasteiger partial charge on any atom is -0.468 e. The van der Waals surface area contributed by atoms with E-state index in [0.717, 1.165) is 38.8 Å². The fraction of sp³-hybridized carbons (Fsp3) is 0.929. The van der Waals surface area contributed by atoms with E-state index in [1.165, 1.54) is 7.11 Å². The van der Waals surface area contributed by atoms with Crippen molar-refractivity contribution in [2.45, 2.75) is 56.8 Å². The second-order valence-electron chi connectivity index (χ2n) is 5.44. The third kappa shape index (κ3) is 3.46. The van der Waals surface area contributed by atoms with Gasteiger partial charge in [-0.05, 0) is 32.2 Å². The number of likely N-dealkylation sites (N-methyl/N-ethyl adjacent to an activating group) is 1. The predicted molar refractivity (Wildman–Crippen MR) is 71.0 cm³/mol. The van der Waals surface area contributed by atoms with E-state index < -0.39 is 5.54 Å². The molecular weight excluding hydrogens is 246 g/mol. The van der Waals surface area contributed by atoms with Crippen LogP contribution in [-0.2, 0) is 19.0 Å². The molecule has 1 saturated carbocycles. The minimum absolute atomic E-state index is 0.127. The largest absolute Gasteiger partial charge is 0.468 e. The number of nitrogens with one attached hydrogen (secondary N) is 1. The Kier molecular flexibility index (Phi) is 5.19. The summed E-state index contributed by atoms with van der Waals surface area (Å²) in [7, 11) is 1.45. The predicted octanol–water partition coefficient (Wildman–Crippen LogP) is 1.26. The van der Waals surface area contributed by atoms with Gasteiger partial charge in [-0.25, -0.2) is 0 Å². The Balaban J connectivity index is 1.83. The lowest BCUT2D eigenvalue weighted by Crippen LogP contribution is -2.51. The number of carbonyl (C=O) groups is 1. The van der Waals surface area contributed by atoms with E-state index >= 15 is 0 Å². The van der Waals surface area contributed by atoms with Crippen LogP contribution in [-0.4, -0.2) is 50.6 Å². The SMILES string of the molecule is CCNC1(C(=O)OC)CCC(OCC2CCCO2)C1. The van der Waals surface area contributed by atoms with Gasteiger partial charge in [0.1, 0.15) is 5.54 Å². The summed E-state index contributed by atoms with van der Waals surface area (Å²) in [5, 5.41) is 3.28. The number of rotatable bonds is 6. The standard InChI is InChI=1S/C14H25NO4/c1-3-15-14(13(16)17-2)7-6-11(9-14)19-10-12-5-4-8-18-12/h11-12,15H,3-10H2,1-2H3. The van der Waals surface area contributed by atoms with Crippen LogP contribution in [0.2, 0.25) is 0 Å². The zero-order valence-electron chi connectivity index (χ0n) is 11.9. The number of esters is 1. The van der Waals surface area contributed by atoms with Gasteiger partial charge in [-0.2, -0.15) is 0 Å². The summed E-state index contributed by atoms with van der Waals surface area (Å²) in [6, 6.07) is 0. The van der Waals surface area contributed by atoms with Crippen LogP contribution in [0.25, 0.3) is 0 Å². The van der Waals surface area contributed by atoms with Crippen LogP contribution in [0.15, 0.2) is 0 Å². The highest BCUT2D eigenvalue weighted by Gasteiger charge is 2.46. The van der Waals surface area contributed by atoms with Crippen LogP contribution in [0.3, 0.4) is 0 Å². The van der Waals surface area contributed by atoms with Crippen LogP contribution < -0.4 is 5.32 Å². The van der Waals surface area contributed by atoms with Gasteiger partial charge in [-0.3, -0.25) is 4.79 Å². The molecule has 2 aliphatic rings. The van der Waals surface area contributed by atoms with E-state index in [2.05, 4.69) is 5.32 Å². The summed E-state index contributed by atoms with van der Waals surface area (Å²) >= 11 is 0. The zero-order valence-corrected chi connectivity index (χ0v) is 11.9. The number of hydrogen-bond acceptors (Lipinski definition) is 5. The summed E-state index contributed by atoms with van der Waals surface area (Å²) in [6.07, 6.45) is 4.96. The van der Waals surface area contributed by atoms with Crippen molar-refractivity contribution >= 4 is 5.97 Å². The fourth-order valence-corrected chi connectivity index (χ4v) is 3.11. The Hall–Kier alpha value is -0.650. The van der Waals surface area contributed by atoms with E-state index in [1.54, 1.807) is 0 Å². The fourth-order valence-electron chi connectivity index (χ4n) is 3.11. The van der Waals surface area contributed by atoms with Gasteiger partial charge in [-0.15, -0.1) is 0 Å². The maximum atomic E-state index is 12.0. The Morgan fingerprint density at radius 1 is 1.47 bits per heavy atom. The molecule has 1 saturated heterocycles. The minimum atomic E-state index is -0.551. The highest BCUT2D eigenvalue weighted by atomic mass is 16.5. The highest BCUT2D eigenvalue weighted by molar-refractivity contribution is 5.81. The van der Waals surface area contributed by atoms with Gasteiger partial charge in [-0.1, -0.05) is 6.92 Å². The van der Waals surface area contributed by atoms with Crippen LogP contribution in [0, 0.1) is 0 Å². The van der Waals surface area contributed by atoms with Crippen molar-refractivity contribution in [3.63, 3.8) is 0 Å². The van der Waals surface area contributed by atoms with Crippen molar-refractivity contribution in [1.82, 2.24) is 5.32 Å². The summed E-state index contributed by atoms with van der Waals surface area (Å²) in [4.78, 5) is 12.0. The van der Waals surface area contributed by atoms with Crippen LogP contribution in [0.5, 0.6) is 0 Å². The number of ether oxygens (including phenoxy) is 3. The van der Waals surface area contributed by atoms with Crippen molar-refractivity contribution in [3.05, 3.63) is 0 Å². The Labute approximate surface area is 115 Å². The van der Waals surface area contributed by atoms with Crippen molar-refractivity contribution in [1.29, 1.82) is 0 Å². The Morgan fingerprint density at radius 2 is 2.32 bits per heavy atom. The van der Waals surface area contributed by atoms with Crippen LogP contribution >= 0.6 is 0 Å². The molecule has 1 aliphatic heterocycles. The van der Waals surface area contributed by atoms with Crippen molar-refractivity contribution in [3.8, 4) is 0 Å². The molecule has 0 aromatic rings. The quantitative estimate of drug-likeness (QED) is 0.737. The second kappa shape index (κ2) is 6.68. The molecule has 1 aliphatic carbocycles. The van der Waals surface area contributed by atoms with Gasteiger partial charge in [0.05, 0.1) is 25.9 Å². The molecule has 2 fully saturated rings. The molecule has 19 heavy (non-hydrogen) atoms. The van der Waals surface area contributed by atoms with E-state index in [0.29, 0.717) is 13.0 Å². The van der Waals surface area contributed by atoms with Gasteiger partial charge >= 0.3 is 5.97 Å². The first-order valence-electron chi connectivity index (χ1n) is 7.27. The van der Waals surface area contributed by atoms with E-state index in [1.807, 2.05) is 6.92 Å². The molecule has 5 nitrogen and oxygen atoms in total. The van der Waals surface area contributed by atoms with Crippen LogP contribution in [0.1, 0.15) is 39.0 Å². The molecule has 1 heterocycles. The molecule has 2 rings (SSSR count). The summed E-state index contributed by atoms with van der Waals surface area (Å²) in [5.41, 5.74) is -0.551. The molecule has 1 N–H and O–H groups in total. The van der Waals surface area contributed by atoms with Gasteiger partial charge in [0.25, 0.3) is 0 Å². The first-order valence-corrected chi connectivity index (χ1v) is 7.27. The summed E-state index contributed by atoms with van der Waals surface area (Å²) < 4.78 is 16.4. The van der Waals surface area contributed by atoms with Gasteiger partial charge in [0, 0.05) is 13.0 Å². The van der Waals surface area contributed by atoms with Gasteiger partial charge in [0.2, 0.25) is 0 Å². The smallest absolute Gasteiger partial charge is 0.326 e. The lowest BCUT2D eigenvalue weighted by Gasteiger charge is -2.27. The lowest BCUT2D eigenvalue weighted by atomic mass is 9.97. The second-order valence-corrected chi connectivity index (χ2v) is 5.44. The molecule has 0 amide bonds. The van der Waals surface area contributed by atoms with E-state index in [-0.39, 0.29) is 18.2 Å². The van der Waals surface area contributed by atoms with Crippen molar-refractivity contribution in [2.24, 2.45) is 0 Å². The van der Waals surface area contributed by atoms with Crippen molar-refractivity contribution in [2.75, 3.05) is 26.9 Å². The van der Waals surface area contributed by atoms with E-state index in [4.69, 9.17) is 14.2 Å². The van der Waals surface area contributed by atoms with Crippen LogP contribution in [0.4, 0.5) is 0 Å². The molecule has 0 aromatic carbocycles. The number of carbonyl (C=O) groups excluding carboxylic acids is 1. The summed E-state index contributed by atoms with van der Waals surface area (Å²) in [5.74, 6) is -0.169. The molecule has 5 heteroatoms. The average molecular weight is 271 g/mol. The third-order valence-corrected chi connectivity index (χ3v) is 4.10. The number of methoxy groups -OCH3 is 1. The molecular formula is C14H25NO4. The normalized spacial score (nSPS) is 34.6.